The molecule has 0 aliphatic rings. The predicted octanol–water partition coefficient (Wildman–Crippen LogP) is 4.56. The SMILES string of the molecule is NC(N)CCCCCc1c(Cl)cnc(C(Cl)(Cl)Cl)c1Cl. The molecule has 114 valence electrons. The van der Waals surface area contributed by atoms with Gasteiger partial charge in [0, 0.05) is 6.20 Å². The molecule has 0 saturated carbocycles. The van der Waals surface area contributed by atoms with Crippen LogP contribution in [0.15, 0.2) is 6.20 Å². The minimum absolute atomic E-state index is 0.201. The summed E-state index contributed by atoms with van der Waals surface area (Å²) in [5.41, 5.74) is 11.9. The average molecular weight is 380 g/mol. The Morgan fingerprint density at radius 1 is 1.10 bits per heavy atom. The van der Waals surface area contributed by atoms with E-state index < -0.39 is 3.79 Å². The third kappa shape index (κ3) is 5.72. The number of unbranched alkanes of at least 4 members (excludes halogenated alkanes) is 2. The molecule has 0 radical (unpaired) electrons. The van der Waals surface area contributed by atoms with E-state index in [1.165, 1.54) is 6.20 Å². The van der Waals surface area contributed by atoms with Crippen LogP contribution in [0.2, 0.25) is 10.0 Å². The Kier molecular flexibility index (Phi) is 7.64. The summed E-state index contributed by atoms with van der Waals surface area (Å²) in [6.07, 6.45) is 5.49. The van der Waals surface area contributed by atoms with Gasteiger partial charge in [0.05, 0.1) is 16.2 Å². The Balaban J connectivity index is 2.70. The molecule has 0 amide bonds. The molecule has 1 aromatic rings. The molecule has 0 unspecified atom stereocenters. The van der Waals surface area contributed by atoms with Crippen molar-refractivity contribution in [1.82, 2.24) is 4.98 Å². The van der Waals surface area contributed by atoms with E-state index in [0.29, 0.717) is 16.5 Å². The summed E-state index contributed by atoms with van der Waals surface area (Å²) in [5.74, 6) is 0. The number of alkyl halides is 3. The number of rotatable bonds is 6. The monoisotopic (exact) mass is 377 g/mol. The molecule has 1 rings (SSSR count). The van der Waals surface area contributed by atoms with Gasteiger partial charge in [-0.15, -0.1) is 0 Å². The smallest absolute Gasteiger partial charge is 0.234 e. The first-order chi connectivity index (χ1) is 9.23. The van der Waals surface area contributed by atoms with Crippen molar-refractivity contribution in [2.75, 3.05) is 0 Å². The van der Waals surface area contributed by atoms with E-state index >= 15 is 0 Å². The highest BCUT2D eigenvalue weighted by Crippen LogP contribution is 2.42. The first kappa shape index (κ1) is 18.6. The van der Waals surface area contributed by atoms with E-state index in [0.717, 1.165) is 31.2 Å². The third-order valence-electron chi connectivity index (χ3n) is 2.80. The van der Waals surface area contributed by atoms with E-state index in [4.69, 9.17) is 69.5 Å². The fraction of sp³-hybridized carbons (Fsp3) is 0.583. The van der Waals surface area contributed by atoms with Crippen LogP contribution in [-0.2, 0) is 10.2 Å². The van der Waals surface area contributed by atoms with Gasteiger partial charge in [0.25, 0.3) is 0 Å². The summed E-state index contributed by atoms with van der Waals surface area (Å²) in [5, 5.41) is 0.788. The van der Waals surface area contributed by atoms with Crippen LogP contribution in [0.25, 0.3) is 0 Å². The predicted molar refractivity (Wildman–Crippen MR) is 87.8 cm³/mol. The normalized spacial score (nSPS) is 12.2. The van der Waals surface area contributed by atoms with Crippen LogP contribution in [0.4, 0.5) is 0 Å². The molecule has 8 heteroatoms. The first-order valence-corrected chi connectivity index (χ1v) is 8.03. The molecule has 4 N–H and O–H groups in total. The van der Waals surface area contributed by atoms with Crippen LogP contribution < -0.4 is 11.5 Å². The molecule has 0 bridgehead atoms. The summed E-state index contributed by atoms with van der Waals surface area (Å²) in [7, 11) is 0. The molecule has 0 saturated heterocycles. The van der Waals surface area contributed by atoms with E-state index in [1.54, 1.807) is 0 Å². The van der Waals surface area contributed by atoms with Gasteiger partial charge in [0.2, 0.25) is 3.79 Å². The average Bonchev–Trinajstić information content (AvgIpc) is 2.30. The lowest BCUT2D eigenvalue weighted by molar-refractivity contribution is 0.564. The lowest BCUT2D eigenvalue weighted by Gasteiger charge is -2.15. The summed E-state index contributed by atoms with van der Waals surface area (Å²) >= 11 is 29.8. The summed E-state index contributed by atoms with van der Waals surface area (Å²) in [6, 6.07) is 0. The van der Waals surface area contributed by atoms with Crippen LogP contribution in [0.3, 0.4) is 0 Å². The zero-order valence-corrected chi connectivity index (χ0v) is 14.5. The number of hydrogen-bond acceptors (Lipinski definition) is 3. The Morgan fingerprint density at radius 3 is 2.30 bits per heavy atom. The van der Waals surface area contributed by atoms with E-state index in [-0.39, 0.29) is 11.9 Å². The van der Waals surface area contributed by atoms with Gasteiger partial charge in [-0.3, -0.25) is 4.98 Å². The lowest BCUT2D eigenvalue weighted by Crippen LogP contribution is -2.29. The van der Waals surface area contributed by atoms with Crippen molar-refractivity contribution >= 4 is 58.0 Å². The van der Waals surface area contributed by atoms with Gasteiger partial charge < -0.3 is 11.5 Å². The molecule has 0 aliphatic carbocycles. The summed E-state index contributed by atoms with van der Waals surface area (Å²) in [6.45, 7) is 0. The van der Waals surface area contributed by atoms with Gasteiger partial charge in [-0.2, -0.15) is 0 Å². The van der Waals surface area contributed by atoms with Gasteiger partial charge in [0.15, 0.2) is 0 Å². The molecule has 0 atom stereocenters. The van der Waals surface area contributed by atoms with E-state index in [2.05, 4.69) is 4.98 Å². The maximum Gasteiger partial charge on any atom is 0.234 e. The Bertz CT molecular complexity index is 445. The quantitative estimate of drug-likeness (QED) is 0.432. The van der Waals surface area contributed by atoms with Gasteiger partial charge in [0.1, 0.15) is 5.69 Å². The van der Waals surface area contributed by atoms with Crippen molar-refractivity contribution in [2.24, 2.45) is 11.5 Å². The second kappa shape index (κ2) is 8.23. The molecule has 1 aromatic heterocycles. The van der Waals surface area contributed by atoms with Crippen molar-refractivity contribution in [1.29, 1.82) is 0 Å². The second-order valence-corrected chi connectivity index (χ2v) is 7.57. The highest BCUT2D eigenvalue weighted by atomic mass is 35.6. The number of pyridine rings is 1. The molecule has 0 spiro atoms. The van der Waals surface area contributed by atoms with Crippen LogP contribution in [0.5, 0.6) is 0 Å². The number of nitrogens with two attached hydrogens (primary N) is 2. The maximum atomic E-state index is 6.22. The van der Waals surface area contributed by atoms with Gasteiger partial charge in [-0.25, -0.2) is 0 Å². The van der Waals surface area contributed by atoms with Crippen LogP contribution in [0.1, 0.15) is 36.9 Å². The standard InChI is InChI=1S/C12H16Cl5N3/c13-8-6-20-11(12(15,16)17)10(14)7(8)4-2-1-3-5-9(18)19/h6,9H,1-5,18-19H2. The highest BCUT2D eigenvalue weighted by molar-refractivity contribution is 6.67. The van der Waals surface area contributed by atoms with E-state index in [1.807, 2.05) is 0 Å². The number of halogens is 5. The molecule has 1 heterocycles. The first-order valence-electron chi connectivity index (χ1n) is 6.14. The van der Waals surface area contributed by atoms with Crippen molar-refractivity contribution in [3.8, 4) is 0 Å². The highest BCUT2D eigenvalue weighted by Gasteiger charge is 2.29. The maximum absolute atomic E-state index is 6.22. The Morgan fingerprint density at radius 2 is 1.75 bits per heavy atom. The van der Waals surface area contributed by atoms with Crippen LogP contribution in [0, 0.1) is 0 Å². The fourth-order valence-corrected chi connectivity index (χ4v) is 3.04. The molecule has 20 heavy (non-hydrogen) atoms. The van der Waals surface area contributed by atoms with Crippen molar-refractivity contribution < 1.29 is 0 Å². The third-order valence-corrected chi connectivity index (χ3v) is 4.07. The summed E-state index contributed by atoms with van der Waals surface area (Å²) in [4.78, 5) is 3.98. The number of aromatic nitrogens is 1. The lowest BCUT2D eigenvalue weighted by atomic mass is 10.1. The molecule has 0 aliphatic heterocycles. The number of hydrogen-bond donors (Lipinski definition) is 2. The zero-order chi connectivity index (χ0) is 15.3. The van der Waals surface area contributed by atoms with E-state index in [9.17, 15) is 0 Å². The molecular formula is C12H16Cl5N3. The van der Waals surface area contributed by atoms with Gasteiger partial charge in [-0.1, -0.05) is 70.8 Å². The van der Waals surface area contributed by atoms with Crippen LogP contribution >= 0.6 is 58.0 Å². The van der Waals surface area contributed by atoms with Crippen molar-refractivity contribution in [2.45, 2.75) is 42.1 Å². The molecule has 0 aromatic carbocycles. The molecule has 3 nitrogen and oxygen atoms in total. The minimum atomic E-state index is -1.66. The Hall–Kier alpha value is 0.520. The fourth-order valence-electron chi connectivity index (χ4n) is 1.79. The summed E-state index contributed by atoms with van der Waals surface area (Å²) < 4.78 is -1.66. The Labute approximate surface area is 143 Å². The van der Waals surface area contributed by atoms with Crippen molar-refractivity contribution in [3.63, 3.8) is 0 Å². The van der Waals surface area contributed by atoms with Crippen molar-refractivity contribution in [3.05, 3.63) is 27.5 Å². The minimum Gasteiger partial charge on any atom is -0.316 e. The van der Waals surface area contributed by atoms with Crippen LogP contribution in [-0.4, -0.2) is 11.1 Å². The van der Waals surface area contributed by atoms with Gasteiger partial charge >= 0.3 is 0 Å². The largest absolute Gasteiger partial charge is 0.316 e. The molecular weight excluding hydrogens is 363 g/mol. The zero-order valence-electron chi connectivity index (χ0n) is 10.7. The topological polar surface area (TPSA) is 64.9 Å². The molecule has 0 fully saturated rings. The number of nitrogens with zero attached hydrogens (tertiary/aromatic N) is 1. The second-order valence-electron chi connectivity index (χ2n) is 4.51. The van der Waals surface area contributed by atoms with Gasteiger partial charge in [-0.05, 0) is 24.8 Å².